The van der Waals surface area contributed by atoms with Crippen molar-refractivity contribution in [1.29, 1.82) is 0 Å². The molecule has 0 saturated carbocycles. The largest absolute Gasteiger partial charge is 0.493 e. The van der Waals surface area contributed by atoms with Crippen LogP contribution in [0, 0.1) is 0 Å². The Morgan fingerprint density at radius 2 is 1.89 bits per heavy atom. The number of hydrogen-bond acceptors (Lipinski definition) is 5. The lowest BCUT2D eigenvalue weighted by molar-refractivity contribution is -0.117. The number of nitrogens with zero attached hydrogens (tertiary/aromatic N) is 1. The van der Waals surface area contributed by atoms with Crippen molar-refractivity contribution in [3.8, 4) is 11.5 Å². The monoisotopic (exact) mass is 376 g/mol. The highest BCUT2D eigenvalue weighted by atomic mass is 16.5. The zero-order valence-electron chi connectivity index (χ0n) is 17.0. The summed E-state index contributed by atoms with van der Waals surface area (Å²) >= 11 is 0. The van der Waals surface area contributed by atoms with Crippen LogP contribution in [0.3, 0.4) is 0 Å². The van der Waals surface area contributed by atoms with Crippen LogP contribution < -0.4 is 14.8 Å². The van der Waals surface area contributed by atoms with Gasteiger partial charge in [-0.2, -0.15) is 0 Å². The quantitative estimate of drug-likeness (QED) is 0.707. The second-order valence-corrected chi connectivity index (χ2v) is 7.10. The molecule has 0 bridgehead atoms. The number of carbonyl (C=O) groups is 1. The highest BCUT2D eigenvalue weighted by Gasteiger charge is 2.22. The number of nitrogens with one attached hydrogen (secondary N) is 1. The molecule has 6 heteroatoms. The molecule has 0 spiro atoms. The minimum Gasteiger partial charge on any atom is -0.493 e. The first-order chi connectivity index (χ1) is 12.9. The maximum Gasteiger partial charge on any atom is 0.244 e. The van der Waals surface area contributed by atoms with E-state index < -0.39 is 0 Å². The normalized spacial score (nSPS) is 17.7. The highest BCUT2D eigenvalue weighted by molar-refractivity contribution is 5.92. The molecule has 1 amide bonds. The van der Waals surface area contributed by atoms with Crippen LogP contribution >= 0.6 is 0 Å². The molecule has 0 aliphatic carbocycles. The topological polar surface area (TPSA) is 60.0 Å². The molecule has 2 rings (SSSR count). The van der Waals surface area contributed by atoms with Crippen LogP contribution in [0.25, 0.3) is 6.08 Å². The number of hydrogen-bond donors (Lipinski definition) is 1. The number of methoxy groups -OCH3 is 1. The lowest BCUT2D eigenvalue weighted by Gasteiger charge is -2.35. The lowest BCUT2D eigenvalue weighted by atomic mass is 10.1. The maximum atomic E-state index is 12.3. The van der Waals surface area contributed by atoms with Crippen molar-refractivity contribution in [3.63, 3.8) is 0 Å². The Balaban J connectivity index is 1.93. The third-order valence-electron chi connectivity index (χ3n) is 4.69. The molecule has 1 aromatic rings. The van der Waals surface area contributed by atoms with E-state index in [1.54, 1.807) is 19.3 Å². The average Bonchev–Trinajstić information content (AvgIpc) is 2.66. The zero-order valence-corrected chi connectivity index (χ0v) is 17.0. The van der Waals surface area contributed by atoms with Gasteiger partial charge in [0.15, 0.2) is 11.5 Å². The molecule has 0 aromatic heterocycles. The molecule has 6 nitrogen and oxygen atoms in total. The molecule has 150 valence electrons. The smallest absolute Gasteiger partial charge is 0.244 e. The second-order valence-electron chi connectivity index (χ2n) is 7.10. The Hall–Kier alpha value is -2.05. The Kier molecular flexibility index (Phi) is 8.13. The molecular weight excluding hydrogens is 344 g/mol. The van der Waals surface area contributed by atoms with Crippen molar-refractivity contribution in [1.82, 2.24) is 10.2 Å². The van der Waals surface area contributed by atoms with E-state index in [0.717, 1.165) is 31.9 Å². The number of carbonyl (C=O) groups excluding carboxylic acids is 1. The molecule has 27 heavy (non-hydrogen) atoms. The van der Waals surface area contributed by atoms with E-state index in [1.165, 1.54) is 0 Å². The van der Waals surface area contributed by atoms with Crippen molar-refractivity contribution in [2.24, 2.45) is 0 Å². The van der Waals surface area contributed by atoms with Crippen molar-refractivity contribution in [2.75, 3.05) is 33.4 Å². The van der Waals surface area contributed by atoms with Crippen LogP contribution in [-0.2, 0) is 9.53 Å². The fraction of sp³-hybridized carbons (Fsp3) is 0.571. The van der Waals surface area contributed by atoms with Crippen LogP contribution in [-0.4, -0.2) is 62.4 Å². The van der Waals surface area contributed by atoms with E-state index in [1.807, 2.05) is 39.0 Å². The summed E-state index contributed by atoms with van der Waals surface area (Å²) in [7, 11) is 1.61. The Labute approximate surface area is 162 Å². The molecule has 0 radical (unpaired) electrons. The Morgan fingerprint density at radius 3 is 2.52 bits per heavy atom. The van der Waals surface area contributed by atoms with E-state index in [0.29, 0.717) is 11.5 Å². The lowest BCUT2D eigenvalue weighted by Crippen LogP contribution is -2.51. The van der Waals surface area contributed by atoms with Gasteiger partial charge in [-0.25, -0.2) is 0 Å². The highest BCUT2D eigenvalue weighted by Crippen LogP contribution is 2.29. The van der Waals surface area contributed by atoms with Crippen LogP contribution in [0.15, 0.2) is 24.3 Å². The average molecular weight is 376 g/mol. The van der Waals surface area contributed by atoms with Gasteiger partial charge in [-0.1, -0.05) is 6.07 Å². The first kappa shape index (κ1) is 21.3. The summed E-state index contributed by atoms with van der Waals surface area (Å²) in [6, 6.07) is 5.94. The summed E-state index contributed by atoms with van der Waals surface area (Å²) in [6.45, 7) is 11.4. The zero-order chi connectivity index (χ0) is 19.8. The Morgan fingerprint density at radius 1 is 1.19 bits per heavy atom. The first-order valence-corrected chi connectivity index (χ1v) is 9.55. The summed E-state index contributed by atoms with van der Waals surface area (Å²) in [5.41, 5.74) is 0.881. The molecule has 1 fully saturated rings. The fourth-order valence-electron chi connectivity index (χ4n) is 3.01. The molecule has 2 atom stereocenters. The molecule has 1 N–H and O–H groups in total. The molecule has 1 saturated heterocycles. The van der Waals surface area contributed by atoms with Gasteiger partial charge in [-0.05, 0) is 51.5 Å². The molecule has 1 aliphatic heterocycles. The van der Waals surface area contributed by atoms with Gasteiger partial charge in [-0.3, -0.25) is 9.69 Å². The van der Waals surface area contributed by atoms with Gasteiger partial charge < -0.3 is 19.5 Å². The van der Waals surface area contributed by atoms with Crippen LogP contribution in [0.4, 0.5) is 0 Å². The SMILES string of the molecule is COc1cc(C=CC(=O)NC(C)C(C)N2CCOCC2)ccc1OC(C)C. The van der Waals surface area contributed by atoms with E-state index in [2.05, 4.69) is 17.1 Å². The van der Waals surface area contributed by atoms with Gasteiger partial charge in [0.1, 0.15) is 0 Å². The summed E-state index contributed by atoms with van der Waals surface area (Å²) in [5.74, 6) is 1.24. The van der Waals surface area contributed by atoms with Crippen molar-refractivity contribution < 1.29 is 19.0 Å². The van der Waals surface area contributed by atoms with Gasteiger partial charge in [0.05, 0.1) is 26.4 Å². The molecule has 2 unspecified atom stereocenters. The van der Waals surface area contributed by atoms with Gasteiger partial charge in [0, 0.05) is 31.2 Å². The van der Waals surface area contributed by atoms with Gasteiger partial charge in [0.25, 0.3) is 0 Å². The van der Waals surface area contributed by atoms with Gasteiger partial charge >= 0.3 is 0 Å². The van der Waals surface area contributed by atoms with Crippen LogP contribution in [0.5, 0.6) is 11.5 Å². The molecular formula is C21H32N2O4. The predicted molar refractivity (Wildman–Crippen MR) is 107 cm³/mol. The number of ether oxygens (including phenoxy) is 3. The minimum absolute atomic E-state index is 0.0524. The second kappa shape index (κ2) is 10.3. The third kappa shape index (κ3) is 6.56. The van der Waals surface area contributed by atoms with Crippen molar-refractivity contribution >= 4 is 12.0 Å². The molecule has 1 heterocycles. The summed E-state index contributed by atoms with van der Waals surface area (Å²) < 4.78 is 16.5. The summed E-state index contributed by atoms with van der Waals surface area (Å²) in [5, 5.41) is 3.05. The number of rotatable bonds is 8. The Bertz CT molecular complexity index is 639. The number of amides is 1. The predicted octanol–water partition coefficient (Wildman–Crippen LogP) is 2.72. The molecule has 1 aliphatic rings. The summed E-state index contributed by atoms with van der Waals surface area (Å²) in [4.78, 5) is 14.6. The maximum absolute atomic E-state index is 12.3. The summed E-state index contributed by atoms with van der Waals surface area (Å²) in [6.07, 6.45) is 3.41. The van der Waals surface area contributed by atoms with Crippen molar-refractivity contribution in [3.05, 3.63) is 29.8 Å². The molecule has 1 aromatic carbocycles. The van der Waals surface area contributed by atoms with Crippen LogP contribution in [0.1, 0.15) is 33.3 Å². The van der Waals surface area contributed by atoms with E-state index >= 15 is 0 Å². The van der Waals surface area contributed by atoms with Crippen molar-refractivity contribution in [2.45, 2.75) is 45.9 Å². The first-order valence-electron chi connectivity index (χ1n) is 9.55. The van der Waals surface area contributed by atoms with E-state index in [9.17, 15) is 4.79 Å². The van der Waals surface area contributed by atoms with E-state index in [-0.39, 0.29) is 24.1 Å². The minimum atomic E-state index is -0.107. The standard InChI is InChI=1S/C21H32N2O4/c1-15(2)27-19-8-6-18(14-20(19)25-5)7-9-21(24)22-16(3)17(4)23-10-12-26-13-11-23/h6-9,14-17H,10-13H2,1-5H3,(H,22,24). The number of benzene rings is 1. The fourth-order valence-corrected chi connectivity index (χ4v) is 3.01. The third-order valence-corrected chi connectivity index (χ3v) is 4.69. The van der Waals surface area contributed by atoms with E-state index in [4.69, 9.17) is 14.2 Å². The van der Waals surface area contributed by atoms with Gasteiger partial charge in [-0.15, -0.1) is 0 Å². The van der Waals surface area contributed by atoms with Gasteiger partial charge in [0.2, 0.25) is 5.91 Å². The van der Waals surface area contributed by atoms with Crippen LogP contribution in [0.2, 0.25) is 0 Å². The number of morpholine rings is 1.